The summed E-state index contributed by atoms with van der Waals surface area (Å²) in [6.07, 6.45) is 10.6. The van der Waals surface area contributed by atoms with Gasteiger partial charge in [0.15, 0.2) is 0 Å². The van der Waals surface area contributed by atoms with Gasteiger partial charge in [0.25, 0.3) is 0 Å². The lowest BCUT2D eigenvalue weighted by molar-refractivity contribution is -0.0203. The van der Waals surface area contributed by atoms with Crippen molar-refractivity contribution in [3.05, 3.63) is 24.8 Å². The van der Waals surface area contributed by atoms with Gasteiger partial charge in [-0.2, -0.15) is 5.10 Å². The number of nitrogens with zero attached hydrogens (tertiary/aromatic N) is 5. The van der Waals surface area contributed by atoms with E-state index in [0.717, 1.165) is 36.8 Å². The molecule has 1 aliphatic heterocycles. The van der Waals surface area contributed by atoms with Gasteiger partial charge in [0.2, 0.25) is 5.95 Å². The van der Waals surface area contributed by atoms with Crippen LogP contribution in [0.4, 0.5) is 10.7 Å². The standard InChI is InChI=1S/C22H34N6O2/c1-7-22(8-2)11-18(9-10-28(22)20(29)30-21(3,4)5)26-19-23-12-16(13-24-19)17-14-25-27(6)15-17/h12-15,18H,7-11H2,1-6H3,(H,23,24,26). The van der Waals surface area contributed by atoms with E-state index in [1.54, 1.807) is 10.9 Å². The molecule has 2 aromatic rings. The summed E-state index contributed by atoms with van der Waals surface area (Å²) in [5, 5.41) is 7.66. The van der Waals surface area contributed by atoms with Crippen LogP contribution in [0.5, 0.6) is 0 Å². The molecule has 2 aromatic heterocycles. The van der Waals surface area contributed by atoms with E-state index in [-0.39, 0.29) is 17.7 Å². The van der Waals surface area contributed by atoms with Gasteiger partial charge >= 0.3 is 6.09 Å². The van der Waals surface area contributed by atoms with E-state index >= 15 is 0 Å². The van der Waals surface area contributed by atoms with Crippen LogP contribution in [0, 0.1) is 0 Å². The molecule has 8 nitrogen and oxygen atoms in total. The number of hydrogen-bond acceptors (Lipinski definition) is 6. The fraction of sp³-hybridized carbons (Fsp3) is 0.636. The Morgan fingerprint density at radius 1 is 1.20 bits per heavy atom. The number of rotatable bonds is 5. The molecule has 0 radical (unpaired) electrons. The number of amides is 1. The Balaban J connectivity index is 1.69. The fourth-order valence-corrected chi connectivity index (χ4v) is 4.14. The van der Waals surface area contributed by atoms with E-state index in [1.807, 2.05) is 51.3 Å². The van der Waals surface area contributed by atoms with Gasteiger partial charge in [-0.05, 0) is 46.5 Å². The lowest BCUT2D eigenvalue weighted by Crippen LogP contribution is -2.59. The first-order chi connectivity index (χ1) is 14.2. The summed E-state index contributed by atoms with van der Waals surface area (Å²) in [5.41, 5.74) is 1.20. The third kappa shape index (κ3) is 4.91. The van der Waals surface area contributed by atoms with E-state index in [4.69, 9.17) is 4.74 Å². The summed E-state index contributed by atoms with van der Waals surface area (Å²) in [4.78, 5) is 23.8. The van der Waals surface area contributed by atoms with Crippen LogP contribution in [0.15, 0.2) is 24.8 Å². The summed E-state index contributed by atoms with van der Waals surface area (Å²) in [5.74, 6) is 0.611. The van der Waals surface area contributed by atoms with E-state index in [9.17, 15) is 4.79 Å². The normalized spacial score (nSPS) is 18.9. The highest BCUT2D eigenvalue weighted by Gasteiger charge is 2.44. The molecule has 1 aliphatic rings. The van der Waals surface area contributed by atoms with Gasteiger partial charge in [-0.15, -0.1) is 0 Å². The maximum absolute atomic E-state index is 12.8. The number of likely N-dealkylation sites (tertiary alicyclic amines) is 1. The molecule has 1 saturated heterocycles. The number of anilines is 1. The van der Waals surface area contributed by atoms with Crippen molar-refractivity contribution in [1.82, 2.24) is 24.6 Å². The van der Waals surface area contributed by atoms with Crippen LogP contribution in [0.3, 0.4) is 0 Å². The quantitative estimate of drug-likeness (QED) is 0.787. The molecule has 0 spiro atoms. The predicted molar refractivity (Wildman–Crippen MR) is 117 cm³/mol. The third-order valence-corrected chi connectivity index (χ3v) is 5.85. The minimum atomic E-state index is -0.497. The molecule has 0 aliphatic carbocycles. The first kappa shape index (κ1) is 22.1. The molecule has 0 saturated carbocycles. The second kappa shape index (κ2) is 8.62. The highest BCUT2D eigenvalue weighted by molar-refractivity contribution is 5.69. The number of piperidine rings is 1. The van der Waals surface area contributed by atoms with Crippen molar-refractivity contribution < 1.29 is 9.53 Å². The Morgan fingerprint density at radius 2 is 1.87 bits per heavy atom. The van der Waals surface area contributed by atoms with Crippen LogP contribution in [-0.2, 0) is 11.8 Å². The Morgan fingerprint density at radius 3 is 2.40 bits per heavy atom. The summed E-state index contributed by atoms with van der Waals surface area (Å²) in [6.45, 7) is 10.7. The molecule has 1 atom stereocenters. The predicted octanol–water partition coefficient (Wildman–Crippen LogP) is 4.25. The van der Waals surface area contributed by atoms with E-state index in [0.29, 0.717) is 12.5 Å². The Kier molecular flexibility index (Phi) is 6.33. The minimum Gasteiger partial charge on any atom is -0.444 e. The second-order valence-corrected chi connectivity index (χ2v) is 9.10. The molecule has 3 rings (SSSR count). The SMILES string of the molecule is CCC1(CC)CC(Nc2ncc(-c3cnn(C)c3)cn2)CCN1C(=O)OC(C)(C)C. The zero-order valence-corrected chi connectivity index (χ0v) is 19.0. The highest BCUT2D eigenvalue weighted by atomic mass is 16.6. The highest BCUT2D eigenvalue weighted by Crippen LogP contribution is 2.36. The summed E-state index contributed by atoms with van der Waals surface area (Å²) in [7, 11) is 1.89. The molecule has 8 heteroatoms. The van der Waals surface area contributed by atoms with Gasteiger partial charge in [-0.3, -0.25) is 4.68 Å². The van der Waals surface area contributed by atoms with Gasteiger partial charge in [-0.25, -0.2) is 14.8 Å². The van der Waals surface area contributed by atoms with Crippen molar-refractivity contribution in [1.29, 1.82) is 0 Å². The van der Waals surface area contributed by atoms with Gasteiger partial charge in [-0.1, -0.05) is 13.8 Å². The van der Waals surface area contributed by atoms with Crippen LogP contribution >= 0.6 is 0 Å². The number of carbonyl (C=O) groups excluding carboxylic acids is 1. The largest absolute Gasteiger partial charge is 0.444 e. The van der Waals surface area contributed by atoms with Crippen LogP contribution in [0.25, 0.3) is 11.1 Å². The molecule has 1 amide bonds. The maximum Gasteiger partial charge on any atom is 0.410 e. The van der Waals surface area contributed by atoms with Gasteiger partial charge in [0, 0.05) is 54.9 Å². The van der Waals surface area contributed by atoms with E-state index in [2.05, 4.69) is 34.2 Å². The monoisotopic (exact) mass is 414 g/mol. The van der Waals surface area contributed by atoms with Gasteiger partial charge in [0.05, 0.1) is 6.20 Å². The van der Waals surface area contributed by atoms with Crippen molar-refractivity contribution in [3.8, 4) is 11.1 Å². The molecule has 0 aromatic carbocycles. The zero-order valence-electron chi connectivity index (χ0n) is 19.0. The second-order valence-electron chi connectivity index (χ2n) is 9.10. The van der Waals surface area contributed by atoms with Crippen molar-refractivity contribution in [2.24, 2.45) is 7.05 Å². The van der Waals surface area contributed by atoms with Crippen LogP contribution in [0.1, 0.15) is 60.3 Å². The number of ether oxygens (including phenoxy) is 1. The fourth-order valence-electron chi connectivity index (χ4n) is 4.14. The molecule has 1 N–H and O–H groups in total. The maximum atomic E-state index is 12.8. The summed E-state index contributed by atoms with van der Waals surface area (Å²) >= 11 is 0. The number of carbonyl (C=O) groups is 1. The first-order valence-electron chi connectivity index (χ1n) is 10.7. The van der Waals surface area contributed by atoms with Crippen molar-refractivity contribution >= 4 is 12.0 Å². The van der Waals surface area contributed by atoms with Crippen LogP contribution in [0.2, 0.25) is 0 Å². The van der Waals surface area contributed by atoms with E-state index < -0.39 is 5.60 Å². The average molecular weight is 415 g/mol. The molecule has 1 unspecified atom stereocenters. The average Bonchev–Trinajstić information content (AvgIpc) is 3.13. The number of hydrogen-bond donors (Lipinski definition) is 1. The van der Waals surface area contributed by atoms with Crippen LogP contribution < -0.4 is 5.32 Å². The van der Waals surface area contributed by atoms with Crippen molar-refractivity contribution in [2.75, 3.05) is 11.9 Å². The lowest BCUT2D eigenvalue weighted by Gasteiger charge is -2.49. The van der Waals surface area contributed by atoms with Gasteiger partial charge < -0.3 is 15.0 Å². The Bertz CT molecular complexity index is 851. The zero-order chi connectivity index (χ0) is 21.9. The van der Waals surface area contributed by atoms with Gasteiger partial charge in [0.1, 0.15) is 5.60 Å². The molecule has 3 heterocycles. The molecular weight excluding hydrogens is 380 g/mol. The minimum absolute atomic E-state index is 0.202. The van der Waals surface area contributed by atoms with Crippen molar-refractivity contribution in [3.63, 3.8) is 0 Å². The summed E-state index contributed by atoms with van der Waals surface area (Å²) < 4.78 is 7.44. The number of nitrogens with one attached hydrogen (secondary N) is 1. The first-order valence-corrected chi connectivity index (χ1v) is 10.7. The van der Waals surface area contributed by atoms with Crippen molar-refractivity contribution in [2.45, 2.75) is 77.5 Å². The third-order valence-electron chi connectivity index (χ3n) is 5.85. The van der Waals surface area contributed by atoms with E-state index in [1.165, 1.54) is 0 Å². The molecule has 164 valence electrons. The Hall–Kier alpha value is -2.64. The summed E-state index contributed by atoms with van der Waals surface area (Å²) in [6, 6.07) is 0.202. The number of aromatic nitrogens is 4. The lowest BCUT2D eigenvalue weighted by atomic mass is 9.80. The topological polar surface area (TPSA) is 85.2 Å². The molecular formula is C22H34N6O2. The smallest absolute Gasteiger partial charge is 0.410 e. The Labute approximate surface area is 179 Å². The molecule has 0 bridgehead atoms. The molecule has 30 heavy (non-hydrogen) atoms. The van der Waals surface area contributed by atoms with Crippen LogP contribution in [-0.4, -0.2) is 54.5 Å². The molecule has 1 fully saturated rings. The number of aryl methyl sites for hydroxylation is 1.